The first kappa shape index (κ1) is 16.4. The third-order valence-electron chi connectivity index (χ3n) is 3.37. The maximum Gasteiger partial charge on any atom is 0.163 e. The van der Waals surface area contributed by atoms with E-state index in [4.69, 9.17) is 33.2 Å². The molecule has 0 aliphatic rings. The van der Waals surface area contributed by atoms with Crippen molar-refractivity contribution in [3.05, 3.63) is 51.6 Å². The van der Waals surface area contributed by atoms with E-state index < -0.39 is 11.6 Å². The Balaban J connectivity index is 2.37. The quantitative estimate of drug-likeness (QED) is 0.614. The molecule has 0 saturated carbocycles. The molecular weight excluding hydrogens is 359 g/mol. The SMILES string of the molecule is COc1cccc(F)c1-c1nc2nc(Cl)c(C#N)c(Cl)c2cc1F. The molecule has 0 atom stereocenters. The monoisotopic (exact) mass is 365 g/mol. The number of hydrogen-bond donors (Lipinski definition) is 0. The average molecular weight is 366 g/mol. The summed E-state index contributed by atoms with van der Waals surface area (Å²) in [7, 11) is 1.34. The molecule has 0 fully saturated rings. The number of rotatable bonds is 2. The van der Waals surface area contributed by atoms with Crippen molar-refractivity contribution in [2.45, 2.75) is 0 Å². The fourth-order valence-electron chi connectivity index (χ4n) is 2.27. The Hall–Kier alpha value is -2.49. The zero-order valence-electron chi connectivity index (χ0n) is 12.1. The number of halogens is 4. The molecule has 1 aromatic carbocycles. The van der Waals surface area contributed by atoms with E-state index in [2.05, 4.69) is 9.97 Å². The minimum atomic E-state index is -0.833. The molecule has 0 aliphatic carbocycles. The standard InChI is InChI=1S/C16H7Cl2F2N3O/c1-24-11-4-2-3-9(19)12(11)14-10(20)5-7-13(17)8(6-21)15(18)23-16(7)22-14/h2-5H,1H3. The smallest absolute Gasteiger partial charge is 0.163 e. The van der Waals surface area contributed by atoms with Crippen LogP contribution in [0.2, 0.25) is 10.2 Å². The Kier molecular flexibility index (Phi) is 4.22. The first-order chi connectivity index (χ1) is 11.5. The van der Waals surface area contributed by atoms with Crippen molar-refractivity contribution in [1.82, 2.24) is 9.97 Å². The lowest BCUT2D eigenvalue weighted by Gasteiger charge is -2.11. The molecule has 8 heteroatoms. The van der Waals surface area contributed by atoms with E-state index in [0.29, 0.717) is 0 Å². The first-order valence-corrected chi connectivity index (χ1v) is 7.31. The molecule has 120 valence electrons. The molecule has 0 aliphatic heterocycles. The van der Waals surface area contributed by atoms with Gasteiger partial charge in [0, 0.05) is 5.39 Å². The zero-order valence-corrected chi connectivity index (χ0v) is 13.6. The Morgan fingerprint density at radius 1 is 1.17 bits per heavy atom. The van der Waals surface area contributed by atoms with Crippen LogP contribution >= 0.6 is 23.2 Å². The molecule has 0 bridgehead atoms. The lowest BCUT2D eigenvalue weighted by Crippen LogP contribution is -1.99. The van der Waals surface area contributed by atoms with E-state index >= 15 is 0 Å². The Morgan fingerprint density at radius 2 is 1.92 bits per heavy atom. The van der Waals surface area contributed by atoms with E-state index in [1.807, 2.05) is 0 Å². The summed E-state index contributed by atoms with van der Waals surface area (Å²) in [5.74, 6) is -1.42. The summed E-state index contributed by atoms with van der Waals surface area (Å²) in [5.41, 5.74) is -0.520. The zero-order chi connectivity index (χ0) is 17.4. The van der Waals surface area contributed by atoms with Gasteiger partial charge in [-0.15, -0.1) is 0 Å². The molecule has 2 aromatic heterocycles. The summed E-state index contributed by atoms with van der Waals surface area (Å²) in [5, 5.41) is 8.90. The van der Waals surface area contributed by atoms with Crippen LogP contribution in [-0.2, 0) is 0 Å². The van der Waals surface area contributed by atoms with Crippen molar-refractivity contribution < 1.29 is 13.5 Å². The van der Waals surface area contributed by atoms with E-state index in [9.17, 15) is 8.78 Å². The van der Waals surface area contributed by atoms with Gasteiger partial charge in [0.1, 0.15) is 28.9 Å². The second-order valence-corrected chi connectivity index (χ2v) is 5.45. The lowest BCUT2D eigenvalue weighted by molar-refractivity contribution is 0.413. The molecule has 0 amide bonds. The van der Waals surface area contributed by atoms with Crippen LogP contribution in [0.15, 0.2) is 24.3 Å². The van der Waals surface area contributed by atoms with Crippen molar-refractivity contribution in [3.8, 4) is 23.1 Å². The maximum absolute atomic E-state index is 14.5. The van der Waals surface area contributed by atoms with Crippen LogP contribution < -0.4 is 4.74 Å². The largest absolute Gasteiger partial charge is 0.496 e. The van der Waals surface area contributed by atoms with Crippen LogP contribution in [0, 0.1) is 23.0 Å². The van der Waals surface area contributed by atoms with Crippen LogP contribution in [0.4, 0.5) is 8.78 Å². The number of methoxy groups -OCH3 is 1. The summed E-state index contributed by atoms with van der Waals surface area (Å²) in [4.78, 5) is 7.96. The van der Waals surface area contributed by atoms with Crippen molar-refractivity contribution in [3.63, 3.8) is 0 Å². The van der Waals surface area contributed by atoms with Crippen molar-refractivity contribution in [1.29, 1.82) is 5.26 Å². The second kappa shape index (κ2) is 6.19. The first-order valence-electron chi connectivity index (χ1n) is 6.56. The molecule has 3 aromatic rings. The van der Waals surface area contributed by atoms with Gasteiger partial charge in [-0.25, -0.2) is 18.7 Å². The van der Waals surface area contributed by atoms with E-state index in [0.717, 1.165) is 12.1 Å². The Bertz CT molecular complexity index is 1020. The number of ether oxygens (including phenoxy) is 1. The minimum Gasteiger partial charge on any atom is -0.496 e. The molecule has 0 radical (unpaired) electrons. The van der Waals surface area contributed by atoms with Gasteiger partial charge in [-0.05, 0) is 18.2 Å². The van der Waals surface area contributed by atoms with Crippen LogP contribution in [0.5, 0.6) is 5.75 Å². The number of pyridine rings is 2. The van der Waals surface area contributed by atoms with Crippen LogP contribution in [0.3, 0.4) is 0 Å². The number of nitrogens with zero attached hydrogens (tertiary/aromatic N) is 3. The highest BCUT2D eigenvalue weighted by atomic mass is 35.5. The summed E-state index contributed by atoms with van der Waals surface area (Å²) in [6.07, 6.45) is 0. The van der Waals surface area contributed by atoms with Gasteiger partial charge in [0.25, 0.3) is 0 Å². The minimum absolute atomic E-state index is 0.00861. The molecule has 24 heavy (non-hydrogen) atoms. The summed E-state index contributed by atoms with van der Waals surface area (Å²) in [6.45, 7) is 0. The van der Waals surface area contributed by atoms with Gasteiger partial charge in [0.2, 0.25) is 0 Å². The third kappa shape index (κ3) is 2.52. The van der Waals surface area contributed by atoms with Gasteiger partial charge in [-0.3, -0.25) is 0 Å². The van der Waals surface area contributed by atoms with Crippen molar-refractivity contribution in [2.24, 2.45) is 0 Å². The van der Waals surface area contributed by atoms with Gasteiger partial charge < -0.3 is 4.74 Å². The highest BCUT2D eigenvalue weighted by molar-refractivity contribution is 6.39. The predicted octanol–water partition coefficient (Wildman–Crippen LogP) is 4.76. The van der Waals surface area contributed by atoms with Gasteiger partial charge in [0.15, 0.2) is 16.6 Å². The van der Waals surface area contributed by atoms with Crippen LogP contribution in [0.1, 0.15) is 5.56 Å². The number of fused-ring (bicyclic) bond motifs is 1. The lowest BCUT2D eigenvalue weighted by atomic mass is 10.1. The second-order valence-electron chi connectivity index (χ2n) is 4.71. The van der Waals surface area contributed by atoms with Crippen molar-refractivity contribution >= 4 is 34.2 Å². The van der Waals surface area contributed by atoms with E-state index in [-0.39, 0.29) is 43.8 Å². The molecule has 4 nitrogen and oxygen atoms in total. The fourth-order valence-corrected chi connectivity index (χ4v) is 2.81. The molecular formula is C16H7Cl2F2N3O. The summed E-state index contributed by atoms with van der Waals surface area (Å²) < 4.78 is 33.8. The molecule has 0 unspecified atom stereocenters. The van der Waals surface area contributed by atoms with Gasteiger partial charge in [-0.1, -0.05) is 29.3 Å². The molecule has 2 heterocycles. The molecule has 0 saturated heterocycles. The van der Waals surface area contributed by atoms with Gasteiger partial charge in [-0.2, -0.15) is 5.26 Å². The van der Waals surface area contributed by atoms with Crippen LogP contribution in [-0.4, -0.2) is 17.1 Å². The maximum atomic E-state index is 14.5. The van der Waals surface area contributed by atoms with E-state index in [1.165, 1.54) is 19.2 Å². The van der Waals surface area contributed by atoms with E-state index in [1.54, 1.807) is 6.07 Å². The summed E-state index contributed by atoms with van der Waals surface area (Å²) in [6, 6.07) is 6.91. The average Bonchev–Trinajstić information content (AvgIpc) is 2.55. The number of nitriles is 1. The summed E-state index contributed by atoms with van der Waals surface area (Å²) >= 11 is 11.9. The van der Waals surface area contributed by atoms with Gasteiger partial charge >= 0.3 is 0 Å². The number of benzene rings is 1. The van der Waals surface area contributed by atoms with Crippen molar-refractivity contribution in [2.75, 3.05) is 7.11 Å². The number of hydrogen-bond acceptors (Lipinski definition) is 4. The fraction of sp³-hybridized carbons (Fsp3) is 0.0625. The molecule has 0 spiro atoms. The van der Waals surface area contributed by atoms with Gasteiger partial charge in [0.05, 0.1) is 17.7 Å². The highest BCUT2D eigenvalue weighted by Crippen LogP contribution is 2.36. The van der Waals surface area contributed by atoms with Crippen LogP contribution in [0.25, 0.3) is 22.3 Å². The Labute approximate surface area is 145 Å². The molecule has 3 rings (SSSR count). The Morgan fingerprint density at radius 3 is 2.58 bits per heavy atom. The molecule has 0 N–H and O–H groups in total. The number of aromatic nitrogens is 2. The predicted molar refractivity (Wildman–Crippen MR) is 86.2 cm³/mol. The normalized spacial score (nSPS) is 10.7. The third-order valence-corrected chi connectivity index (χ3v) is 4.03. The highest BCUT2D eigenvalue weighted by Gasteiger charge is 2.21. The topological polar surface area (TPSA) is 58.8 Å².